The molecule has 20 aromatic carbocycles. The van der Waals surface area contributed by atoms with Crippen LogP contribution in [0.4, 0.5) is 0 Å². The maximum absolute atomic E-state index is 14.9. The molecule has 0 spiro atoms. The van der Waals surface area contributed by atoms with Gasteiger partial charge in [0.25, 0.3) is 0 Å². The lowest BCUT2D eigenvalue weighted by Crippen LogP contribution is -2.24. The predicted molar refractivity (Wildman–Crippen MR) is 561 cm³/mol. The Bertz CT molecular complexity index is 9090. The topological polar surface area (TPSA) is 103 Å². The molecule has 6 aromatic heterocycles. The van der Waals surface area contributed by atoms with Gasteiger partial charge in [0.15, 0.2) is 21.4 Å². The molecule has 0 saturated heterocycles. The molecule has 0 aliphatic heterocycles. The molecule has 26 rings (SSSR count). The summed E-state index contributed by atoms with van der Waals surface area (Å²) >= 11 is 0. The van der Waals surface area contributed by atoms with E-state index in [0.29, 0.717) is 0 Å². The highest BCUT2D eigenvalue weighted by Crippen LogP contribution is 2.48. The van der Waals surface area contributed by atoms with Crippen LogP contribution in [0, 0.1) is 0 Å². The summed E-state index contributed by atoms with van der Waals surface area (Å²) in [5.41, 5.74) is 21.5. The fourth-order valence-electron chi connectivity index (χ4n) is 19.8. The summed E-state index contributed by atoms with van der Waals surface area (Å²) < 4.78 is 51.3. The Labute approximate surface area is 767 Å². The van der Waals surface area contributed by atoms with Crippen LogP contribution < -0.4 is 47.7 Å². The van der Waals surface area contributed by atoms with E-state index in [-0.39, 0.29) is 0 Å². The van der Waals surface area contributed by atoms with Crippen molar-refractivity contribution in [1.29, 1.82) is 0 Å². The van der Waals surface area contributed by atoms with Crippen LogP contribution in [0.1, 0.15) is 0 Å². The van der Waals surface area contributed by atoms with Gasteiger partial charge in [-0.25, -0.2) is 15.0 Å². The number of pyridine rings is 3. The van der Waals surface area contributed by atoms with Crippen LogP contribution in [0.15, 0.2) is 491 Å². The first kappa shape index (κ1) is 80.1. The molecule has 0 aliphatic rings. The minimum Gasteiger partial charge on any atom is -0.309 e. The highest BCUT2D eigenvalue weighted by Gasteiger charge is 2.33. The van der Waals surface area contributed by atoms with Gasteiger partial charge in [0.1, 0.15) is 16.9 Å². The zero-order valence-electron chi connectivity index (χ0n) is 72.0. The van der Waals surface area contributed by atoms with Gasteiger partial charge < -0.3 is 13.7 Å². The first-order valence-electron chi connectivity index (χ1n) is 44.7. The third-order valence-electron chi connectivity index (χ3n) is 26.4. The SMILES string of the molecule is O=P(c1ccccc1)(c1ccccc1)c1ccc(-c2ccc(-c3ccc4nc5c6ccccc6c6ccccc6n5c4c3)cc2)cc1.O=P(c1ccccc1)(c1ccccc1)c1ccc(-c2ccc3nc4c5ccccc5c5ccccc5n4c3c2)cc1.O=P(c1ccccc1)(c1ccccc1)c1ccc2cc(-c3ccc4nc5c6ccccc6c6ccccc6n5c4c3)ccc2c1. The molecule has 0 saturated carbocycles. The van der Waals surface area contributed by atoms with Gasteiger partial charge in [0.2, 0.25) is 0 Å². The van der Waals surface area contributed by atoms with Crippen LogP contribution in [-0.4, -0.2) is 28.2 Å². The molecule has 6 heterocycles. The van der Waals surface area contributed by atoms with Crippen molar-refractivity contribution in [1.82, 2.24) is 28.2 Å². The second kappa shape index (κ2) is 33.1. The number of para-hydroxylation sites is 3. The molecule has 26 aromatic rings. The predicted octanol–water partition coefficient (Wildman–Crippen LogP) is 27.1. The lowest BCUT2D eigenvalue weighted by Gasteiger charge is -2.20. The van der Waals surface area contributed by atoms with Gasteiger partial charge in [-0.2, -0.15) is 0 Å². The van der Waals surface area contributed by atoms with Gasteiger partial charge in [-0.05, 0) is 138 Å². The van der Waals surface area contributed by atoms with Crippen LogP contribution in [0.25, 0.3) is 170 Å². The molecule has 0 atom stereocenters. The molecule has 628 valence electrons. The Morgan fingerprint density at radius 3 is 0.669 bits per heavy atom. The average molecular weight is 1760 g/mol. The lowest BCUT2D eigenvalue weighted by atomic mass is 10.00. The number of benzene rings is 20. The van der Waals surface area contributed by atoms with E-state index in [2.05, 4.69) is 292 Å². The Balaban J connectivity index is 0.000000110. The van der Waals surface area contributed by atoms with Crippen LogP contribution in [-0.2, 0) is 13.7 Å². The number of fused-ring (bicyclic) bond motifs is 25. The Hall–Kier alpha value is -16.2. The fourth-order valence-corrected chi connectivity index (χ4v) is 27.8. The summed E-state index contributed by atoms with van der Waals surface area (Å²) in [6, 6.07) is 168. The first-order valence-corrected chi connectivity index (χ1v) is 49.9. The Morgan fingerprint density at radius 2 is 0.353 bits per heavy atom. The van der Waals surface area contributed by atoms with Gasteiger partial charge in [0, 0.05) is 80.1 Å². The third kappa shape index (κ3) is 13.7. The minimum atomic E-state index is -3.04. The second-order valence-corrected chi connectivity index (χ2v) is 42.2. The number of rotatable bonds is 13. The summed E-state index contributed by atoms with van der Waals surface area (Å²) in [6.45, 7) is 0. The largest absolute Gasteiger partial charge is 0.309 e. The zero-order chi connectivity index (χ0) is 88.7. The second-order valence-electron chi connectivity index (χ2n) is 33.9. The summed E-state index contributed by atoms with van der Waals surface area (Å²) in [6.07, 6.45) is 0. The summed E-state index contributed by atoms with van der Waals surface area (Å²) in [4.78, 5) is 15.3. The van der Waals surface area contributed by atoms with Crippen LogP contribution in [0.2, 0.25) is 0 Å². The number of aromatic nitrogens is 6. The molecule has 12 heteroatoms. The molecule has 0 unspecified atom stereocenters. The van der Waals surface area contributed by atoms with E-state index in [4.69, 9.17) is 15.0 Å². The van der Waals surface area contributed by atoms with Gasteiger partial charge in [0.05, 0.1) is 49.7 Å². The molecule has 0 radical (unpaired) electrons. The molecule has 0 fully saturated rings. The van der Waals surface area contributed by atoms with Gasteiger partial charge in [-0.1, -0.05) is 425 Å². The molecular weight excluding hydrogens is 1680 g/mol. The van der Waals surface area contributed by atoms with Crippen molar-refractivity contribution in [3.05, 3.63) is 491 Å². The number of imidazole rings is 3. The monoisotopic (exact) mass is 1760 g/mol. The highest BCUT2D eigenvalue weighted by atomic mass is 31.2. The molecule has 133 heavy (non-hydrogen) atoms. The number of hydrogen-bond donors (Lipinski definition) is 0. The van der Waals surface area contributed by atoms with E-state index < -0.39 is 21.4 Å². The van der Waals surface area contributed by atoms with E-state index in [0.717, 1.165) is 186 Å². The summed E-state index contributed by atoms with van der Waals surface area (Å²) in [7, 11) is -9.06. The van der Waals surface area contributed by atoms with Crippen molar-refractivity contribution in [2.45, 2.75) is 0 Å². The third-order valence-corrected chi connectivity index (χ3v) is 35.6. The molecule has 0 bridgehead atoms. The van der Waals surface area contributed by atoms with E-state index in [1.54, 1.807) is 0 Å². The summed E-state index contributed by atoms with van der Waals surface area (Å²) in [5, 5.41) is 20.5. The van der Waals surface area contributed by atoms with Crippen LogP contribution in [0.5, 0.6) is 0 Å². The number of hydrogen-bond acceptors (Lipinski definition) is 6. The standard InChI is InChI=1S/C43H29N2OP.C41H27N2OP.C37H25N2OP/c46-47(34-11-3-1-4-12-34,35-13-5-2-6-14-35)36-26-23-31(24-27-36)30-19-21-32(22-20-30)33-25-28-40-42(29-33)45-41-18-10-9-16-38(41)37-15-7-8-17-39(37)43(45)44-40;44-45(32-11-3-1-4-12-32,33-13-5-2-6-14-33)34-23-21-29-25-28(19-20-30(29)26-34)31-22-24-38-40(27-31)43-39-18-10-9-16-36(39)35-15-7-8-17-37(35)41(43)42-38;40-41(28-11-3-1-4-12-28,29-13-5-2-6-14-29)30-22-19-26(20-23-30)27-21-24-34-36(25-27)39-35-18-10-9-16-32(35)31-15-7-8-17-33(31)37(39)38-34/h1-29H;1-27H;1-25H. The average Bonchev–Trinajstić information content (AvgIpc) is 1.57. The Morgan fingerprint density at radius 1 is 0.150 bits per heavy atom. The highest BCUT2D eigenvalue weighted by molar-refractivity contribution is 7.86. The van der Waals surface area contributed by atoms with Gasteiger partial charge in [-0.3, -0.25) is 13.2 Å². The van der Waals surface area contributed by atoms with Crippen molar-refractivity contribution >= 4 is 195 Å². The smallest absolute Gasteiger partial charge is 0.171 e. The molecule has 0 N–H and O–H groups in total. The van der Waals surface area contributed by atoms with E-state index in [9.17, 15) is 13.7 Å². The van der Waals surface area contributed by atoms with Crippen molar-refractivity contribution in [2.75, 3.05) is 0 Å². The maximum atomic E-state index is 14.9. The van der Waals surface area contributed by atoms with Gasteiger partial charge >= 0.3 is 0 Å². The van der Waals surface area contributed by atoms with Crippen molar-refractivity contribution in [3.63, 3.8) is 0 Å². The van der Waals surface area contributed by atoms with Crippen LogP contribution >= 0.6 is 21.4 Å². The van der Waals surface area contributed by atoms with E-state index in [1.165, 1.54) is 32.3 Å². The lowest BCUT2D eigenvalue weighted by molar-refractivity contribution is 0.591. The maximum Gasteiger partial charge on any atom is 0.171 e. The van der Waals surface area contributed by atoms with Crippen molar-refractivity contribution < 1.29 is 13.7 Å². The Kier molecular flexibility index (Phi) is 19.9. The molecule has 9 nitrogen and oxygen atoms in total. The van der Waals surface area contributed by atoms with Crippen molar-refractivity contribution in [2.24, 2.45) is 0 Å². The molecular formula is C121H81N6O3P3. The van der Waals surface area contributed by atoms with E-state index in [1.807, 2.05) is 212 Å². The van der Waals surface area contributed by atoms with Crippen molar-refractivity contribution in [3.8, 4) is 44.5 Å². The van der Waals surface area contributed by atoms with Crippen LogP contribution in [0.3, 0.4) is 0 Å². The van der Waals surface area contributed by atoms with Gasteiger partial charge in [-0.15, -0.1) is 0 Å². The first-order chi connectivity index (χ1) is 65.6. The number of nitrogens with zero attached hydrogens (tertiary/aromatic N) is 6. The van der Waals surface area contributed by atoms with E-state index >= 15 is 0 Å². The summed E-state index contributed by atoms with van der Waals surface area (Å²) in [5.74, 6) is 0. The normalized spacial score (nSPS) is 12.0. The molecule has 0 aliphatic carbocycles. The quantitative estimate of drug-likeness (QED) is 0.0842. The zero-order valence-corrected chi connectivity index (χ0v) is 74.7. The minimum absolute atomic E-state index is 0.826. The fraction of sp³-hybridized carbons (Fsp3) is 0. The molecule has 0 amide bonds.